The van der Waals surface area contributed by atoms with E-state index in [4.69, 9.17) is 0 Å². The summed E-state index contributed by atoms with van der Waals surface area (Å²) in [5, 5.41) is 10.1. The van der Waals surface area contributed by atoms with E-state index in [0.29, 0.717) is 13.0 Å². The fourth-order valence-electron chi connectivity index (χ4n) is 1.40. The standard InChI is InChI=1S/C12H25NO3/c1-10(2)12(3,15)9-13(4)8-6-7-11(14)16-5/h10,15H,6-9H2,1-5H3. The Balaban J connectivity index is 3.82. The summed E-state index contributed by atoms with van der Waals surface area (Å²) in [6.07, 6.45) is 1.20. The fourth-order valence-corrected chi connectivity index (χ4v) is 1.40. The third-order valence-electron chi connectivity index (χ3n) is 2.98. The molecule has 0 saturated heterocycles. The van der Waals surface area contributed by atoms with Crippen LogP contribution in [0.25, 0.3) is 0 Å². The van der Waals surface area contributed by atoms with Crippen molar-refractivity contribution in [1.29, 1.82) is 0 Å². The summed E-state index contributed by atoms with van der Waals surface area (Å²) in [6.45, 7) is 7.25. The van der Waals surface area contributed by atoms with Crippen molar-refractivity contribution in [1.82, 2.24) is 4.90 Å². The molecule has 0 spiro atoms. The lowest BCUT2D eigenvalue weighted by Gasteiger charge is -2.32. The molecule has 0 amide bonds. The molecule has 16 heavy (non-hydrogen) atoms. The first-order valence-electron chi connectivity index (χ1n) is 5.77. The molecule has 4 heteroatoms. The van der Waals surface area contributed by atoms with Gasteiger partial charge in [-0.3, -0.25) is 4.79 Å². The van der Waals surface area contributed by atoms with Gasteiger partial charge in [-0.15, -0.1) is 0 Å². The number of esters is 1. The molecule has 1 atom stereocenters. The number of hydrogen-bond acceptors (Lipinski definition) is 4. The summed E-state index contributed by atoms with van der Waals surface area (Å²) in [5.41, 5.74) is -0.681. The first-order chi connectivity index (χ1) is 7.29. The van der Waals surface area contributed by atoms with E-state index in [1.54, 1.807) is 0 Å². The third-order valence-corrected chi connectivity index (χ3v) is 2.98. The number of aliphatic hydroxyl groups is 1. The van der Waals surface area contributed by atoms with Crippen LogP contribution in [-0.2, 0) is 9.53 Å². The second-order valence-corrected chi connectivity index (χ2v) is 4.93. The Hall–Kier alpha value is -0.610. The van der Waals surface area contributed by atoms with E-state index in [1.165, 1.54) is 7.11 Å². The van der Waals surface area contributed by atoms with Crippen molar-refractivity contribution in [2.45, 2.75) is 39.2 Å². The minimum atomic E-state index is -0.681. The van der Waals surface area contributed by atoms with Gasteiger partial charge in [0.2, 0.25) is 0 Å². The largest absolute Gasteiger partial charge is 0.469 e. The Morgan fingerprint density at radius 3 is 2.50 bits per heavy atom. The van der Waals surface area contributed by atoms with E-state index in [2.05, 4.69) is 4.74 Å². The van der Waals surface area contributed by atoms with E-state index >= 15 is 0 Å². The van der Waals surface area contributed by atoms with Gasteiger partial charge in [0.25, 0.3) is 0 Å². The van der Waals surface area contributed by atoms with Crippen LogP contribution in [0.3, 0.4) is 0 Å². The normalized spacial score (nSPS) is 15.2. The quantitative estimate of drug-likeness (QED) is 0.671. The molecule has 0 aliphatic rings. The lowest BCUT2D eigenvalue weighted by atomic mass is 9.92. The van der Waals surface area contributed by atoms with Gasteiger partial charge >= 0.3 is 5.97 Å². The number of hydrogen-bond donors (Lipinski definition) is 1. The summed E-state index contributed by atoms with van der Waals surface area (Å²) in [7, 11) is 3.35. The third kappa shape index (κ3) is 6.08. The van der Waals surface area contributed by atoms with Crippen molar-refractivity contribution in [3.63, 3.8) is 0 Å². The van der Waals surface area contributed by atoms with Gasteiger partial charge in [-0.2, -0.15) is 0 Å². The lowest BCUT2D eigenvalue weighted by molar-refractivity contribution is -0.140. The van der Waals surface area contributed by atoms with Crippen molar-refractivity contribution in [2.75, 3.05) is 27.2 Å². The van der Waals surface area contributed by atoms with Crippen LogP contribution in [0.15, 0.2) is 0 Å². The molecule has 0 radical (unpaired) electrons. The van der Waals surface area contributed by atoms with Crippen LogP contribution < -0.4 is 0 Å². The zero-order chi connectivity index (χ0) is 12.8. The minimum absolute atomic E-state index is 0.177. The molecule has 0 bridgehead atoms. The molecule has 0 saturated carbocycles. The molecule has 0 aromatic carbocycles. The second-order valence-electron chi connectivity index (χ2n) is 4.93. The van der Waals surface area contributed by atoms with E-state index < -0.39 is 5.60 Å². The summed E-state index contributed by atoms with van der Waals surface area (Å²) in [4.78, 5) is 12.9. The molecule has 0 rings (SSSR count). The van der Waals surface area contributed by atoms with Crippen molar-refractivity contribution < 1.29 is 14.6 Å². The average molecular weight is 231 g/mol. The maximum absolute atomic E-state index is 10.9. The average Bonchev–Trinajstić information content (AvgIpc) is 2.16. The first kappa shape index (κ1) is 15.4. The summed E-state index contributed by atoms with van der Waals surface area (Å²) in [6, 6.07) is 0. The van der Waals surface area contributed by atoms with E-state index in [1.807, 2.05) is 32.7 Å². The van der Waals surface area contributed by atoms with E-state index in [-0.39, 0.29) is 11.9 Å². The molecule has 1 N–H and O–H groups in total. The Bertz CT molecular complexity index is 214. The topological polar surface area (TPSA) is 49.8 Å². The van der Waals surface area contributed by atoms with Crippen molar-refractivity contribution in [3.05, 3.63) is 0 Å². The zero-order valence-electron chi connectivity index (χ0n) is 11.1. The Morgan fingerprint density at radius 2 is 2.06 bits per heavy atom. The molecule has 0 aliphatic heterocycles. The maximum Gasteiger partial charge on any atom is 0.305 e. The van der Waals surface area contributed by atoms with Gasteiger partial charge in [-0.25, -0.2) is 0 Å². The summed E-state index contributed by atoms with van der Waals surface area (Å²) < 4.78 is 4.56. The highest BCUT2D eigenvalue weighted by Gasteiger charge is 2.26. The second kappa shape index (κ2) is 6.86. The van der Waals surface area contributed by atoms with Crippen LogP contribution in [-0.4, -0.2) is 48.8 Å². The predicted octanol–water partition coefficient (Wildman–Crippen LogP) is 1.28. The van der Waals surface area contributed by atoms with Crippen molar-refractivity contribution in [3.8, 4) is 0 Å². The van der Waals surface area contributed by atoms with Gasteiger partial charge in [0.05, 0.1) is 12.7 Å². The number of carbonyl (C=O) groups is 1. The number of nitrogens with zero attached hydrogens (tertiary/aromatic N) is 1. The molecule has 96 valence electrons. The maximum atomic E-state index is 10.9. The first-order valence-corrected chi connectivity index (χ1v) is 5.77. The van der Waals surface area contributed by atoms with Gasteiger partial charge < -0.3 is 14.7 Å². The highest BCUT2D eigenvalue weighted by molar-refractivity contribution is 5.69. The number of carbonyl (C=O) groups excluding carboxylic acids is 1. The summed E-state index contributed by atoms with van der Waals surface area (Å²) >= 11 is 0. The lowest BCUT2D eigenvalue weighted by Crippen LogP contribution is -2.43. The molecule has 0 fully saturated rings. The van der Waals surface area contributed by atoms with Crippen molar-refractivity contribution >= 4 is 5.97 Å². The van der Waals surface area contributed by atoms with Gasteiger partial charge in [0, 0.05) is 13.0 Å². The van der Waals surface area contributed by atoms with E-state index in [0.717, 1.165) is 13.0 Å². The zero-order valence-corrected chi connectivity index (χ0v) is 11.1. The molecule has 0 heterocycles. The van der Waals surface area contributed by atoms with Crippen LogP contribution in [0.1, 0.15) is 33.6 Å². The minimum Gasteiger partial charge on any atom is -0.469 e. The van der Waals surface area contributed by atoms with Gasteiger partial charge in [0.15, 0.2) is 0 Å². The van der Waals surface area contributed by atoms with Gasteiger partial charge in [-0.1, -0.05) is 13.8 Å². The van der Waals surface area contributed by atoms with E-state index in [9.17, 15) is 9.90 Å². The number of rotatable bonds is 7. The number of ether oxygens (including phenoxy) is 1. The molecule has 0 aromatic rings. The Labute approximate surface area is 98.6 Å². The highest BCUT2D eigenvalue weighted by Crippen LogP contribution is 2.17. The highest BCUT2D eigenvalue weighted by atomic mass is 16.5. The number of methoxy groups -OCH3 is 1. The molecular weight excluding hydrogens is 206 g/mol. The smallest absolute Gasteiger partial charge is 0.305 e. The predicted molar refractivity (Wildman–Crippen MR) is 64.2 cm³/mol. The number of likely N-dealkylation sites (N-methyl/N-ethyl adjacent to an activating group) is 1. The van der Waals surface area contributed by atoms with Crippen molar-refractivity contribution in [2.24, 2.45) is 5.92 Å². The van der Waals surface area contributed by atoms with Gasteiger partial charge in [0.1, 0.15) is 0 Å². The fraction of sp³-hybridized carbons (Fsp3) is 0.917. The van der Waals surface area contributed by atoms with Crippen LogP contribution in [0, 0.1) is 5.92 Å². The Kier molecular flexibility index (Phi) is 6.60. The van der Waals surface area contributed by atoms with Gasteiger partial charge in [-0.05, 0) is 32.9 Å². The molecule has 1 unspecified atom stereocenters. The van der Waals surface area contributed by atoms with Crippen LogP contribution in [0.2, 0.25) is 0 Å². The molecule has 0 aromatic heterocycles. The monoisotopic (exact) mass is 231 g/mol. The Morgan fingerprint density at radius 1 is 1.50 bits per heavy atom. The SMILES string of the molecule is COC(=O)CCCN(C)CC(C)(O)C(C)C. The van der Waals surface area contributed by atoms with Crippen LogP contribution in [0.4, 0.5) is 0 Å². The summed E-state index contributed by atoms with van der Waals surface area (Å²) in [5.74, 6) is 0.0413. The molecule has 4 nitrogen and oxygen atoms in total. The molecule has 0 aliphatic carbocycles. The van der Waals surface area contributed by atoms with Crippen LogP contribution >= 0.6 is 0 Å². The molecular formula is C12H25NO3. The van der Waals surface area contributed by atoms with Crippen LogP contribution in [0.5, 0.6) is 0 Å².